The van der Waals surface area contributed by atoms with Crippen LogP contribution in [-0.2, 0) is 19.2 Å². The number of rotatable bonds is 2. The zero-order chi connectivity index (χ0) is 20.4. The van der Waals surface area contributed by atoms with Crippen molar-refractivity contribution < 1.29 is 23.9 Å². The molecule has 2 aliphatic carbocycles. The molecular weight excluding hydrogens is 370 g/mol. The van der Waals surface area contributed by atoms with Crippen molar-refractivity contribution in [2.75, 3.05) is 7.11 Å². The van der Waals surface area contributed by atoms with Gasteiger partial charge in [0.05, 0.1) is 18.7 Å². The molecule has 1 spiro atoms. The summed E-state index contributed by atoms with van der Waals surface area (Å²) in [5, 5.41) is 4.27. The lowest BCUT2D eigenvalue weighted by atomic mass is 9.60. The highest BCUT2D eigenvalue weighted by atomic mass is 16.7. The molecule has 6 heteroatoms. The maximum atomic E-state index is 13.0. The van der Waals surface area contributed by atoms with Crippen LogP contribution in [0.1, 0.15) is 38.7 Å². The van der Waals surface area contributed by atoms with Gasteiger partial charge in [-0.3, -0.25) is 4.79 Å². The summed E-state index contributed by atoms with van der Waals surface area (Å²) in [7, 11) is 1.62. The van der Waals surface area contributed by atoms with E-state index in [0.29, 0.717) is 12.0 Å². The Hall–Kier alpha value is -2.89. The van der Waals surface area contributed by atoms with E-state index in [9.17, 15) is 9.59 Å². The molecule has 1 aromatic carbocycles. The summed E-state index contributed by atoms with van der Waals surface area (Å²) in [4.78, 5) is 31.2. The van der Waals surface area contributed by atoms with Crippen molar-refractivity contribution in [2.45, 2.75) is 44.8 Å². The van der Waals surface area contributed by atoms with Gasteiger partial charge in [0.15, 0.2) is 5.78 Å². The van der Waals surface area contributed by atoms with E-state index in [1.54, 1.807) is 13.2 Å². The summed E-state index contributed by atoms with van der Waals surface area (Å²) in [5.74, 6) is 0.197. The SMILES string of the molecule is COc1ccc(C2=NOC3(C2)C(=O)O[C@@H]2C4=C(C)C(=O)C=C[C@]4(C)CC[C@H]23)cc1. The van der Waals surface area contributed by atoms with Crippen LogP contribution in [0.2, 0.25) is 0 Å². The molecule has 2 heterocycles. The number of esters is 1. The minimum atomic E-state index is -1.11. The van der Waals surface area contributed by atoms with E-state index in [-0.39, 0.29) is 23.1 Å². The molecule has 5 rings (SSSR count). The van der Waals surface area contributed by atoms with Crippen molar-refractivity contribution in [3.05, 3.63) is 53.1 Å². The van der Waals surface area contributed by atoms with E-state index >= 15 is 0 Å². The van der Waals surface area contributed by atoms with E-state index in [1.807, 2.05) is 37.3 Å². The third-order valence-corrected chi connectivity index (χ3v) is 6.97. The first-order valence-electron chi connectivity index (χ1n) is 9.93. The van der Waals surface area contributed by atoms with Crippen molar-refractivity contribution in [3.63, 3.8) is 0 Å². The predicted molar refractivity (Wildman–Crippen MR) is 106 cm³/mol. The van der Waals surface area contributed by atoms with E-state index in [2.05, 4.69) is 12.1 Å². The number of nitrogens with zero attached hydrogens (tertiary/aromatic N) is 1. The fraction of sp³-hybridized carbons (Fsp3) is 0.435. The van der Waals surface area contributed by atoms with Gasteiger partial charge in [0.2, 0.25) is 5.60 Å². The molecule has 29 heavy (non-hydrogen) atoms. The standard InChI is InChI=1S/C23H23NO5/c1-13-18(25)9-11-22(2)10-8-16-20(19(13)22)28-21(26)23(16)12-17(24-29-23)14-4-6-15(27-3)7-5-14/h4-7,9,11,16,20H,8,10,12H2,1-3H3/t16-,20+,22+,23?/m1/s1. The van der Waals surface area contributed by atoms with Gasteiger partial charge in [0.25, 0.3) is 0 Å². The van der Waals surface area contributed by atoms with Crippen LogP contribution in [0.3, 0.4) is 0 Å². The monoisotopic (exact) mass is 393 g/mol. The minimum Gasteiger partial charge on any atom is -0.497 e. The van der Waals surface area contributed by atoms with Crippen LogP contribution in [0, 0.1) is 11.3 Å². The van der Waals surface area contributed by atoms with Crippen LogP contribution in [0.5, 0.6) is 5.75 Å². The summed E-state index contributed by atoms with van der Waals surface area (Å²) in [5.41, 5.74) is 1.86. The van der Waals surface area contributed by atoms with Gasteiger partial charge in [0, 0.05) is 17.4 Å². The predicted octanol–water partition coefficient (Wildman–Crippen LogP) is 3.36. The van der Waals surface area contributed by atoms with E-state index in [0.717, 1.165) is 35.4 Å². The fourth-order valence-corrected chi connectivity index (χ4v) is 5.28. The van der Waals surface area contributed by atoms with Gasteiger partial charge in [0.1, 0.15) is 11.9 Å². The third-order valence-electron chi connectivity index (χ3n) is 6.97. The molecule has 0 radical (unpaired) electrons. The second-order valence-electron chi connectivity index (χ2n) is 8.55. The van der Waals surface area contributed by atoms with Crippen LogP contribution in [-0.4, -0.2) is 36.3 Å². The lowest BCUT2D eigenvalue weighted by Gasteiger charge is -2.43. The molecular formula is C23H23NO5. The van der Waals surface area contributed by atoms with Crippen molar-refractivity contribution in [1.82, 2.24) is 0 Å². The second kappa shape index (κ2) is 6.05. The van der Waals surface area contributed by atoms with Crippen molar-refractivity contribution in [1.29, 1.82) is 0 Å². The number of ketones is 1. The first-order chi connectivity index (χ1) is 13.9. The Bertz CT molecular complexity index is 1000. The number of benzene rings is 1. The Morgan fingerprint density at radius 2 is 1.97 bits per heavy atom. The molecule has 1 saturated carbocycles. The lowest BCUT2D eigenvalue weighted by molar-refractivity contribution is -0.158. The van der Waals surface area contributed by atoms with Gasteiger partial charge in [-0.25, -0.2) is 4.79 Å². The van der Waals surface area contributed by atoms with Gasteiger partial charge in [-0.15, -0.1) is 0 Å². The molecule has 0 amide bonds. The summed E-state index contributed by atoms with van der Waals surface area (Å²) in [6.45, 7) is 3.94. The van der Waals surface area contributed by atoms with E-state index < -0.39 is 11.7 Å². The number of carbonyl (C=O) groups is 2. The number of methoxy groups -OCH3 is 1. The Labute approximate surface area is 169 Å². The zero-order valence-corrected chi connectivity index (χ0v) is 16.7. The van der Waals surface area contributed by atoms with Gasteiger partial charge < -0.3 is 14.3 Å². The van der Waals surface area contributed by atoms with Crippen LogP contribution in [0.15, 0.2) is 52.7 Å². The first kappa shape index (κ1) is 18.2. The van der Waals surface area contributed by atoms with Crippen molar-refractivity contribution in [2.24, 2.45) is 16.5 Å². The van der Waals surface area contributed by atoms with Crippen LogP contribution < -0.4 is 4.74 Å². The molecule has 150 valence electrons. The number of carbonyl (C=O) groups excluding carboxylic acids is 2. The molecule has 6 nitrogen and oxygen atoms in total. The van der Waals surface area contributed by atoms with Gasteiger partial charge in [-0.1, -0.05) is 18.2 Å². The highest BCUT2D eigenvalue weighted by Gasteiger charge is 2.66. The van der Waals surface area contributed by atoms with Crippen molar-refractivity contribution in [3.8, 4) is 5.75 Å². The Kier molecular flexibility index (Phi) is 3.79. The average molecular weight is 393 g/mol. The topological polar surface area (TPSA) is 74.2 Å². The average Bonchev–Trinajstić information content (AvgIpc) is 3.28. The number of oxime groups is 1. The molecule has 1 unspecified atom stereocenters. The fourth-order valence-electron chi connectivity index (χ4n) is 5.28. The summed E-state index contributed by atoms with van der Waals surface area (Å²) >= 11 is 0. The molecule has 0 bridgehead atoms. The van der Waals surface area contributed by atoms with Crippen LogP contribution >= 0.6 is 0 Å². The third kappa shape index (κ3) is 2.44. The molecule has 2 aliphatic heterocycles. The van der Waals surface area contributed by atoms with Crippen LogP contribution in [0.4, 0.5) is 0 Å². The van der Waals surface area contributed by atoms with Crippen molar-refractivity contribution >= 4 is 17.5 Å². The Morgan fingerprint density at radius 3 is 2.69 bits per heavy atom. The van der Waals surface area contributed by atoms with Gasteiger partial charge >= 0.3 is 5.97 Å². The Balaban J connectivity index is 1.47. The van der Waals surface area contributed by atoms with Gasteiger partial charge in [-0.2, -0.15) is 0 Å². The quantitative estimate of drug-likeness (QED) is 0.721. The highest BCUT2D eigenvalue weighted by molar-refractivity contribution is 6.07. The number of ether oxygens (including phenoxy) is 2. The molecule has 2 fully saturated rings. The molecule has 4 atom stereocenters. The van der Waals surface area contributed by atoms with E-state index in [4.69, 9.17) is 14.3 Å². The number of allylic oxidation sites excluding steroid dienone is 3. The minimum absolute atomic E-state index is 0.0161. The number of hydrogen-bond acceptors (Lipinski definition) is 6. The highest BCUT2D eigenvalue weighted by Crippen LogP contribution is 2.56. The molecule has 1 saturated heterocycles. The lowest BCUT2D eigenvalue weighted by Crippen LogP contribution is -2.47. The number of fused-ring (bicyclic) bond motifs is 4. The number of hydrogen-bond donors (Lipinski definition) is 0. The maximum absolute atomic E-state index is 13.0. The summed E-state index contributed by atoms with van der Waals surface area (Å²) in [6, 6.07) is 7.54. The normalized spacial score (nSPS) is 35.2. The van der Waals surface area contributed by atoms with Gasteiger partial charge in [-0.05, 0) is 61.2 Å². The molecule has 1 aromatic rings. The Morgan fingerprint density at radius 1 is 1.21 bits per heavy atom. The summed E-state index contributed by atoms with van der Waals surface area (Å²) < 4.78 is 11.1. The largest absolute Gasteiger partial charge is 0.497 e. The smallest absolute Gasteiger partial charge is 0.354 e. The molecule has 0 aromatic heterocycles. The molecule has 0 N–H and O–H groups in total. The maximum Gasteiger partial charge on any atom is 0.354 e. The summed E-state index contributed by atoms with van der Waals surface area (Å²) in [6.07, 6.45) is 5.13. The molecule has 4 aliphatic rings. The van der Waals surface area contributed by atoms with E-state index in [1.165, 1.54) is 0 Å². The van der Waals surface area contributed by atoms with Crippen LogP contribution in [0.25, 0.3) is 0 Å². The second-order valence-corrected chi connectivity index (χ2v) is 8.55. The zero-order valence-electron chi connectivity index (χ0n) is 16.7. The first-order valence-corrected chi connectivity index (χ1v) is 9.93.